The molecule has 104 valence electrons. The first-order valence-electron chi connectivity index (χ1n) is 6.80. The number of nitrogens with zero attached hydrogens (tertiary/aromatic N) is 1. The summed E-state index contributed by atoms with van der Waals surface area (Å²) in [4.78, 5) is 25.6. The van der Waals surface area contributed by atoms with Crippen LogP contribution in [-0.4, -0.2) is 48.6 Å². The molecule has 0 saturated carbocycles. The van der Waals surface area contributed by atoms with Crippen molar-refractivity contribution in [2.75, 3.05) is 19.8 Å². The Labute approximate surface area is 109 Å². The standard InChI is InChI=1S/C13H24N2O3/c1-4-6-11-12(16)14-10(3)13(17)15(11)7-9-18-8-5-2/h10-11H,4-9H2,1-3H3,(H,14,16). The highest BCUT2D eigenvalue weighted by atomic mass is 16.5. The molecule has 1 heterocycles. The zero-order valence-electron chi connectivity index (χ0n) is 11.6. The van der Waals surface area contributed by atoms with E-state index in [1.807, 2.05) is 13.8 Å². The molecule has 2 unspecified atom stereocenters. The van der Waals surface area contributed by atoms with E-state index in [1.54, 1.807) is 11.8 Å². The van der Waals surface area contributed by atoms with Crippen LogP contribution in [0.2, 0.25) is 0 Å². The molecular weight excluding hydrogens is 232 g/mol. The smallest absolute Gasteiger partial charge is 0.245 e. The first-order chi connectivity index (χ1) is 8.61. The summed E-state index contributed by atoms with van der Waals surface area (Å²) in [5.74, 6) is -0.0485. The molecule has 5 heteroatoms. The summed E-state index contributed by atoms with van der Waals surface area (Å²) < 4.78 is 5.41. The summed E-state index contributed by atoms with van der Waals surface area (Å²) in [6, 6.07) is -0.749. The van der Waals surface area contributed by atoms with Crippen LogP contribution in [0.15, 0.2) is 0 Å². The van der Waals surface area contributed by atoms with Gasteiger partial charge in [0.2, 0.25) is 11.8 Å². The van der Waals surface area contributed by atoms with Crippen molar-refractivity contribution in [3.05, 3.63) is 0 Å². The van der Waals surface area contributed by atoms with Gasteiger partial charge >= 0.3 is 0 Å². The molecule has 0 aromatic rings. The molecule has 1 aliphatic heterocycles. The van der Waals surface area contributed by atoms with Crippen molar-refractivity contribution in [3.63, 3.8) is 0 Å². The van der Waals surface area contributed by atoms with Crippen LogP contribution in [0.1, 0.15) is 40.0 Å². The highest BCUT2D eigenvalue weighted by Crippen LogP contribution is 2.14. The predicted octanol–water partition coefficient (Wildman–Crippen LogP) is 0.929. The van der Waals surface area contributed by atoms with Gasteiger partial charge in [0.05, 0.1) is 6.61 Å². The second-order valence-electron chi connectivity index (χ2n) is 4.68. The fourth-order valence-electron chi connectivity index (χ4n) is 2.15. The summed E-state index contributed by atoms with van der Waals surface area (Å²) in [6.07, 6.45) is 2.55. The van der Waals surface area contributed by atoms with Crippen molar-refractivity contribution in [1.82, 2.24) is 10.2 Å². The third-order valence-electron chi connectivity index (χ3n) is 3.08. The highest BCUT2D eigenvalue weighted by molar-refractivity contribution is 5.96. The molecule has 0 aliphatic carbocycles. The Kier molecular flexibility index (Phi) is 6.12. The van der Waals surface area contributed by atoms with Gasteiger partial charge in [0.1, 0.15) is 12.1 Å². The fraction of sp³-hybridized carbons (Fsp3) is 0.846. The number of amides is 2. The molecule has 1 N–H and O–H groups in total. The van der Waals surface area contributed by atoms with Crippen molar-refractivity contribution in [1.29, 1.82) is 0 Å². The van der Waals surface area contributed by atoms with Crippen molar-refractivity contribution in [2.24, 2.45) is 0 Å². The molecule has 0 aromatic carbocycles. The number of nitrogens with one attached hydrogen (secondary N) is 1. The molecule has 5 nitrogen and oxygen atoms in total. The molecule has 0 bridgehead atoms. The minimum Gasteiger partial charge on any atom is -0.380 e. The number of hydrogen-bond acceptors (Lipinski definition) is 3. The Balaban J connectivity index is 2.60. The molecule has 0 aromatic heterocycles. The van der Waals surface area contributed by atoms with E-state index in [-0.39, 0.29) is 17.9 Å². The molecular formula is C13H24N2O3. The average Bonchev–Trinajstić information content (AvgIpc) is 2.34. The van der Waals surface area contributed by atoms with Crippen LogP contribution in [-0.2, 0) is 14.3 Å². The van der Waals surface area contributed by atoms with Crippen LogP contribution in [0.5, 0.6) is 0 Å². The normalized spacial score (nSPS) is 24.3. The Bertz CT molecular complexity index is 294. The van der Waals surface area contributed by atoms with Gasteiger partial charge in [0, 0.05) is 13.2 Å². The van der Waals surface area contributed by atoms with Crippen molar-refractivity contribution < 1.29 is 14.3 Å². The zero-order valence-corrected chi connectivity index (χ0v) is 11.6. The van der Waals surface area contributed by atoms with E-state index in [0.29, 0.717) is 26.2 Å². The lowest BCUT2D eigenvalue weighted by Crippen LogP contribution is -2.62. The maximum Gasteiger partial charge on any atom is 0.245 e. The summed E-state index contributed by atoms with van der Waals surface area (Å²) in [7, 11) is 0. The summed E-state index contributed by atoms with van der Waals surface area (Å²) in [5, 5.41) is 2.72. The van der Waals surface area contributed by atoms with E-state index in [2.05, 4.69) is 5.32 Å². The summed E-state index contributed by atoms with van der Waals surface area (Å²) in [6.45, 7) is 7.48. The van der Waals surface area contributed by atoms with E-state index < -0.39 is 6.04 Å². The molecule has 1 rings (SSSR count). The van der Waals surface area contributed by atoms with Crippen LogP contribution >= 0.6 is 0 Å². The van der Waals surface area contributed by atoms with Crippen LogP contribution < -0.4 is 5.32 Å². The van der Waals surface area contributed by atoms with Gasteiger partial charge in [-0.25, -0.2) is 0 Å². The lowest BCUT2D eigenvalue weighted by Gasteiger charge is -2.37. The van der Waals surface area contributed by atoms with Crippen molar-refractivity contribution >= 4 is 11.8 Å². The maximum atomic E-state index is 12.1. The van der Waals surface area contributed by atoms with Crippen molar-refractivity contribution in [3.8, 4) is 0 Å². The third-order valence-corrected chi connectivity index (χ3v) is 3.08. The maximum absolute atomic E-state index is 12.1. The van der Waals surface area contributed by atoms with Crippen LogP contribution in [0, 0.1) is 0 Å². The topological polar surface area (TPSA) is 58.6 Å². The largest absolute Gasteiger partial charge is 0.380 e. The third kappa shape index (κ3) is 3.70. The van der Waals surface area contributed by atoms with Crippen LogP contribution in [0.3, 0.4) is 0 Å². The first-order valence-corrected chi connectivity index (χ1v) is 6.80. The molecule has 1 fully saturated rings. The molecule has 0 spiro atoms. The molecule has 1 aliphatic rings. The van der Waals surface area contributed by atoms with Gasteiger partial charge < -0.3 is 15.0 Å². The average molecular weight is 256 g/mol. The van der Waals surface area contributed by atoms with E-state index in [0.717, 1.165) is 12.8 Å². The predicted molar refractivity (Wildman–Crippen MR) is 69.1 cm³/mol. The van der Waals surface area contributed by atoms with Crippen LogP contribution in [0.25, 0.3) is 0 Å². The van der Waals surface area contributed by atoms with Gasteiger partial charge in [0.15, 0.2) is 0 Å². The number of carbonyl (C=O) groups is 2. The van der Waals surface area contributed by atoms with Gasteiger partial charge in [-0.1, -0.05) is 20.3 Å². The lowest BCUT2D eigenvalue weighted by molar-refractivity contribution is -0.149. The number of hydrogen-bond donors (Lipinski definition) is 1. The number of carbonyl (C=O) groups excluding carboxylic acids is 2. The second-order valence-corrected chi connectivity index (χ2v) is 4.68. The Morgan fingerprint density at radius 3 is 2.56 bits per heavy atom. The van der Waals surface area contributed by atoms with E-state index in [1.165, 1.54) is 0 Å². The first kappa shape index (κ1) is 15.0. The minimum absolute atomic E-state index is 0.00634. The zero-order chi connectivity index (χ0) is 13.5. The molecule has 2 amide bonds. The van der Waals surface area contributed by atoms with Gasteiger partial charge in [-0.05, 0) is 19.8 Å². The molecule has 18 heavy (non-hydrogen) atoms. The van der Waals surface area contributed by atoms with Crippen molar-refractivity contribution in [2.45, 2.75) is 52.1 Å². The number of rotatable bonds is 7. The molecule has 2 atom stereocenters. The second kappa shape index (κ2) is 7.36. The van der Waals surface area contributed by atoms with Crippen LogP contribution in [0.4, 0.5) is 0 Å². The van der Waals surface area contributed by atoms with Gasteiger partial charge in [-0.2, -0.15) is 0 Å². The monoisotopic (exact) mass is 256 g/mol. The van der Waals surface area contributed by atoms with E-state index >= 15 is 0 Å². The molecule has 0 radical (unpaired) electrons. The summed E-state index contributed by atoms with van der Waals surface area (Å²) in [5.41, 5.74) is 0. The van der Waals surface area contributed by atoms with E-state index in [9.17, 15) is 9.59 Å². The Morgan fingerprint density at radius 1 is 1.22 bits per heavy atom. The van der Waals surface area contributed by atoms with Gasteiger partial charge in [-0.3, -0.25) is 9.59 Å². The fourth-order valence-corrected chi connectivity index (χ4v) is 2.15. The minimum atomic E-state index is -0.420. The quantitative estimate of drug-likeness (QED) is 0.689. The summed E-state index contributed by atoms with van der Waals surface area (Å²) >= 11 is 0. The van der Waals surface area contributed by atoms with E-state index in [4.69, 9.17) is 4.74 Å². The Morgan fingerprint density at radius 2 is 1.94 bits per heavy atom. The highest BCUT2D eigenvalue weighted by Gasteiger charge is 2.37. The lowest BCUT2D eigenvalue weighted by atomic mass is 10.0. The SMILES string of the molecule is CCCOCCN1C(=O)C(C)NC(=O)C1CCC. The van der Waals surface area contributed by atoms with Gasteiger partial charge in [-0.15, -0.1) is 0 Å². The number of piperazine rings is 1. The molecule has 1 saturated heterocycles. The Hall–Kier alpha value is -1.10. The van der Waals surface area contributed by atoms with Gasteiger partial charge in [0.25, 0.3) is 0 Å². The number of ether oxygens (including phenoxy) is 1.